The SMILES string of the molecule is CCSc1nc(N)c(C(=O)N2CCOCC2)s1. The Balaban J connectivity index is 2.12. The largest absolute Gasteiger partial charge is 0.382 e. The number of nitrogens with two attached hydrogens (primary N) is 1. The molecule has 0 aromatic carbocycles. The van der Waals surface area contributed by atoms with Gasteiger partial charge in [-0.15, -0.1) is 11.3 Å². The standard InChI is InChI=1S/C10H15N3O2S2/c1-2-16-10-12-8(11)7(17-10)9(14)13-3-5-15-6-4-13/h2-6,11H2,1H3. The predicted octanol–water partition coefficient (Wildman–Crippen LogP) is 1.31. The number of aromatic nitrogens is 1. The van der Waals surface area contributed by atoms with E-state index in [-0.39, 0.29) is 5.91 Å². The number of nitrogen functional groups attached to an aromatic ring is 1. The van der Waals surface area contributed by atoms with Gasteiger partial charge in [-0.1, -0.05) is 18.7 Å². The minimum absolute atomic E-state index is 0.0220. The molecule has 2 rings (SSSR count). The van der Waals surface area contributed by atoms with E-state index in [2.05, 4.69) is 4.98 Å². The zero-order valence-electron chi connectivity index (χ0n) is 9.64. The number of nitrogens with zero attached hydrogens (tertiary/aromatic N) is 2. The van der Waals surface area contributed by atoms with E-state index < -0.39 is 0 Å². The van der Waals surface area contributed by atoms with Crippen LogP contribution in [0.4, 0.5) is 5.82 Å². The quantitative estimate of drug-likeness (QED) is 0.841. The van der Waals surface area contributed by atoms with Gasteiger partial charge in [0.2, 0.25) is 0 Å². The van der Waals surface area contributed by atoms with Crippen molar-refractivity contribution in [2.45, 2.75) is 11.3 Å². The molecule has 17 heavy (non-hydrogen) atoms. The molecule has 2 N–H and O–H groups in total. The summed E-state index contributed by atoms with van der Waals surface area (Å²) in [5.41, 5.74) is 5.79. The van der Waals surface area contributed by atoms with Crippen molar-refractivity contribution in [3.05, 3.63) is 4.88 Å². The van der Waals surface area contributed by atoms with Crippen LogP contribution < -0.4 is 5.73 Å². The number of thiazole rings is 1. The van der Waals surface area contributed by atoms with Gasteiger partial charge >= 0.3 is 0 Å². The Hall–Kier alpha value is -0.790. The molecule has 0 unspecified atom stereocenters. The average molecular weight is 273 g/mol. The zero-order chi connectivity index (χ0) is 12.3. The van der Waals surface area contributed by atoms with Gasteiger partial charge in [-0.2, -0.15) is 0 Å². The molecule has 5 nitrogen and oxygen atoms in total. The molecular formula is C10H15N3O2S2. The van der Waals surface area contributed by atoms with E-state index in [1.807, 2.05) is 6.92 Å². The van der Waals surface area contributed by atoms with Crippen molar-refractivity contribution in [1.82, 2.24) is 9.88 Å². The highest BCUT2D eigenvalue weighted by Gasteiger charge is 2.23. The molecule has 1 amide bonds. The minimum Gasteiger partial charge on any atom is -0.382 e. The van der Waals surface area contributed by atoms with Crippen LogP contribution in [0.25, 0.3) is 0 Å². The molecule has 1 aromatic rings. The lowest BCUT2D eigenvalue weighted by molar-refractivity contribution is 0.0306. The van der Waals surface area contributed by atoms with Crippen LogP contribution in [0.3, 0.4) is 0 Å². The number of anilines is 1. The lowest BCUT2D eigenvalue weighted by atomic mass is 10.3. The number of carbonyl (C=O) groups excluding carboxylic acids is 1. The Morgan fingerprint density at radius 3 is 2.94 bits per heavy atom. The predicted molar refractivity (Wildman–Crippen MR) is 69.6 cm³/mol. The number of hydrogen-bond acceptors (Lipinski definition) is 6. The van der Waals surface area contributed by atoms with Crippen molar-refractivity contribution < 1.29 is 9.53 Å². The van der Waals surface area contributed by atoms with Crippen LogP contribution in [0.2, 0.25) is 0 Å². The fraction of sp³-hybridized carbons (Fsp3) is 0.600. The Morgan fingerprint density at radius 1 is 1.59 bits per heavy atom. The normalized spacial score (nSPS) is 16.2. The maximum Gasteiger partial charge on any atom is 0.267 e. The van der Waals surface area contributed by atoms with E-state index in [1.165, 1.54) is 11.3 Å². The van der Waals surface area contributed by atoms with Crippen LogP contribution in [0.15, 0.2) is 4.34 Å². The van der Waals surface area contributed by atoms with E-state index in [0.717, 1.165) is 10.1 Å². The summed E-state index contributed by atoms with van der Waals surface area (Å²) in [5.74, 6) is 1.26. The first kappa shape index (κ1) is 12.7. The van der Waals surface area contributed by atoms with Gasteiger partial charge < -0.3 is 15.4 Å². The molecule has 0 bridgehead atoms. The first-order valence-electron chi connectivity index (χ1n) is 5.48. The number of hydrogen-bond donors (Lipinski definition) is 1. The molecular weight excluding hydrogens is 258 g/mol. The third-order valence-electron chi connectivity index (χ3n) is 2.39. The summed E-state index contributed by atoms with van der Waals surface area (Å²) in [5, 5.41) is 0. The summed E-state index contributed by atoms with van der Waals surface area (Å²) < 4.78 is 6.08. The van der Waals surface area contributed by atoms with E-state index >= 15 is 0 Å². The van der Waals surface area contributed by atoms with Gasteiger partial charge in [-0.05, 0) is 5.75 Å². The average Bonchev–Trinajstić information content (AvgIpc) is 2.71. The van der Waals surface area contributed by atoms with Crippen molar-refractivity contribution in [3.8, 4) is 0 Å². The highest BCUT2D eigenvalue weighted by molar-refractivity contribution is 8.01. The first-order chi connectivity index (χ1) is 8.22. The third kappa shape index (κ3) is 2.91. The molecule has 1 saturated heterocycles. The number of thioether (sulfide) groups is 1. The molecule has 2 heterocycles. The molecule has 1 aromatic heterocycles. The summed E-state index contributed by atoms with van der Waals surface area (Å²) in [6.45, 7) is 4.51. The van der Waals surface area contributed by atoms with Crippen molar-refractivity contribution in [1.29, 1.82) is 0 Å². The fourth-order valence-electron chi connectivity index (χ4n) is 1.56. The van der Waals surface area contributed by atoms with Gasteiger partial charge in [-0.3, -0.25) is 4.79 Å². The summed E-state index contributed by atoms with van der Waals surface area (Å²) in [6, 6.07) is 0. The van der Waals surface area contributed by atoms with Gasteiger partial charge in [-0.25, -0.2) is 4.98 Å². The second kappa shape index (κ2) is 5.70. The Morgan fingerprint density at radius 2 is 2.29 bits per heavy atom. The Kier molecular flexibility index (Phi) is 4.25. The number of ether oxygens (including phenoxy) is 1. The maximum absolute atomic E-state index is 12.2. The molecule has 0 atom stereocenters. The smallest absolute Gasteiger partial charge is 0.267 e. The van der Waals surface area contributed by atoms with Gasteiger partial charge in [0, 0.05) is 13.1 Å². The Bertz CT molecular complexity index is 402. The fourth-order valence-corrected chi connectivity index (χ4v) is 3.49. The van der Waals surface area contributed by atoms with E-state index in [4.69, 9.17) is 10.5 Å². The summed E-state index contributed by atoms with van der Waals surface area (Å²) in [4.78, 5) is 18.7. The van der Waals surface area contributed by atoms with Crippen molar-refractivity contribution >= 4 is 34.8 Å². The monoisotopic (exact) mass is 273 g/mol. The first-order valence-corrected chi connectivity index (χ1v) is 7.28. The number of amides is 1. The van der Waals surface area contributed by atoms with E-state index in [0.29, 0.717) is 37.0 Å². The molecule has 0 aliphatic carbocycles. The molecule has 0 spiro atoms. The molecule has 7 heteroatoms. The van der Waals surface area contributed by atoms with Crippen LogP contribution in [0.1, 0.15) is 16.6 Å². The van der Waals surface area contributed by atoms with Crippen LogP contribution >= 0.6 is 23.1 Å². The Labute approximate surface area is 108 Å². The maximum atomic E-state index is 12.2. The van der Waals surface area contributed by atoms with Gasteiger partial charge in [0.25, 0.3) is 5.91 Å². The molecule has 1 fully saturated rings. The topological polar surface area (TPSA) is 68.5 Å². The summed E-state index contributed by atoms with van der Waals surface area (Å²) >= 11 is 2.99. The lowest BCUT2D eigenvalue weighted by Crippen LogP contribution is -2.40. The van der Waals surface area contributed by atoms with Crippen LogP contribution in [-0.2, 0) is 4.74 Å². The van der Waals surface area contributed by atoms with Crippen molar-refractivity contribution in [2.24, 2.45) is 0 Å². The number of rotatable bonds is 3. The van der Waals surface area contributed by atoms with E-state index in [9.17, 15) is 4.79 Å². The molecule has 0 radical (unpaired) electrons. The number of morpholine rings is 1. The van der Waals surface area contributed by atoms with Gasteiger partial charge in [0.1, 0.15) is 10.7 Å². The lowest BCUT2D eigenvalue weighted by Gasteiger charge is -2.26. The molecule has 0 saturated carbocycles. The zero-order valence-corrected chi connectivity index (χ0v) is 11.3. The van der Waals surface area contributed by atoms with Crippen molar-refractivity contribution in [2.75, 3.05) is 37.8 Å². The summed E-state index contributed by atoms with van der Waals surface area (Å²) in [6.07, 6.45) is 0. The van der Waals surface area contributed by atoms with Crippen LogP contribution in [0.5, 0.6) is 0 Å². The second-order valence-electron chi connectivity index (χ2n) is 3.53. The van der Waals surface area contributed by atoms with E-state index in [1.54, 1.807) is 16.7 Å². The van der Waals surface area contributed by atoms with Crippen LogP contribution in [0, 0.1) is 0 Å². The highest BCUT2D eigenvalue weighted by atomic mass is 32.2. The second-order valence-corrected chi connectivity index (χ2v) is 6.04. The number of carbonyl (C=O) groups is 1. The summed E-state index contributed by atoms with van der Waals surface area (Å²) in [7, 11) is 0. The third-order valence-corrected chi connectivity index (χ3v) is 4.48. The van der Waals surface area contributed by atoms with Gasteiger partial charge in [0.15, 0.2) is 4.34 Å². The molecule has 1 aliphatic heterocycles. The van der Waals surface area contributed by atoms with Crippen LogP contribution in [-0.4, -0.2) is 47.8 Å². The van der Waals surface area contributed by atoms with Crippen molar-refractivity contribution in [3.63, 3.8) is 0 Å². The molecule has 1 aliphatic rings. The van der Waals surface area contributed by atoms with Gasteiger partial charge in [0.05, 0.1) is 13.2 Å². The molecule has 94 valence electrons. The highest BCUT2D eigenvalue weighted by Crippen LogP contribution is 2.29. The minimum atomic E-state index is -0.0220.